The number of esters is 1. The summed E-state index contributed by atoms with van der Waals surface area (Å²) in [6.07, 6.45) is 31.4. The van der Waals surface area contributed by atoms with Gasteiger partial charge in [0.15, 0.2) is 12.0 Å². The highest BCUT2D eigenvalue weighted by Crippen LogP contribution is 2.36. The number of nitriles is 1. The molecule has 0 radical (unpaired) electrons. The van der Waals surface area contributed by atoms with Crippen LogP contribution in [0.15, 0.2) is 157 Å². The molecule has 0 aliphatic heterocycles. The topological polar surface area (TPSA) is 138 Å². The van der Waals surface area contributed by atoms with Crippen LogP contribution in [0.4, 0.5) is 5.69 Å². The molecule has 1 atom stereocenters. The Kier molecular flexibility index (Phi) is 20.5. The molecule has 1 heterocycles. The minimum atomic E-state index is -0.699. The Bertz CT molecular complexity index is 2840. The van der Waals surface area contributed by atoms with Crippen LogP contribution in [0, 0.1) is 28.0 Å². The molecule has 5 rings (SSSR count). The molecular formula is C57H56N4O7. The van der Waals surface area contributed by atoms with E-state index in [0.717, 1.165) is 78.1 Å². The number of aromatic nitrogens is 1. The molecule has 1 aromatic heterocycles. The maximum Gasteiger partial charge on any atom is 0.348 e. The average Bonchev–Trinajstić information content (AvgIpc) is 3.66. The van der Waals surface area contributed by atoms with E-state index in [-0.39, 0.29) is 29.3 Å². The Morgan fingerprint density at radius 2 is 1.26 bits per heavy atom. The fraction of sp³-hybridized carbons (Fsp3) is 0.228. The summed E-state index contributed by atoms with van der Waals surface area (Å²) in [6.45, 7) is 13.7. The number of nitrogens with zero attached hydrogens (tertiary/aromatic N) is 4. The van der Waals surface area contributed by atoms with Crippen molar-refractivity contribution in [3.05, 3.63) is 201 Å². The first-order valence-electron chi connectivity index (χ1n) is 22.6. The Labute approximate surface area is 398 Å². The Hall–Kier alpha value is -8.12. The molecule has 346 valence electrons. The van der Waals surface area contributed by atoms with Crippen LogP contribution in [0.25, 0.3) is 51.0 Å². The van der Waals surface area contributed by atoms with Crippen LogP contribution in [0.2, 0.25) is 0 Å². The van der Waals surface area contributed by atoms with Gasteiger partial charge in [-0.25, -0.2) is 9.64 Å². The Morgan fingerprint density at radius 3 is 1.79 bits per heavy atom. The first-order chi connectivity index (χ1) is 33.1. The molecule has 0 N–H and O–H groups in total. The largest absolute Gasteiger partial charge is 0.467 e. The van der Waals surface area contributed by atoms with E-state index in [2.05, 4.69) is 11.4 Å². The quantitative estimate of drug-likeness (QED) is 0.00615. The third kappa shape index (κ3) is 15.5. The number of unbranched alkanes of at least 4 members (excludes halogenated alkanes) is 7. The number of Topliss-reactive ketones (excluding diaryl/α,β-unsaturated/α-hetero) is 1. The first kappa shape index (κ1) is 50.9. The highest BCUT2D eigenvalue weighted by atomic mass is 16.6. The van der Waals surface area contributed by atoms with Crippen molar-refractivity contribution >= 4 is 63.5 Å². The third-order valence-electron chi connectivity index (χ3n) is 10.8. The van der Waals surface area contributed by atoms with Crippen molar-refractivity contribution < 1.29 is 28.7 Å². The van der Waals surface area contributed by atoms with Crippen LogP contribution in [-0.2, 0) is 19.1 Å². The van der Waals surface area contributed by atoms with Gasteiger partial charge in [0, 0.05) is 36.6 Å². The average molecular weight is 909 g/mol. The van der Waals surface area contributed by atoms with E-state index in [1.807, 2.05) is 132 Å². The van der Waals surface area contributed by atoms with Crippen molar-refractivity contribution in [1.29, 1.82) is 5.26 Å². The highest BCUT2D eigenvalue weighted by molar-refractivity contribution is 6.10. The van der Waals surface area contributed by atoms with Crippen LogP contribution >= 0.6 is 0 Å². The molecule has 68 heavy (non-hydrogen) atoms. The number of carbonyl (C=O) groups is 2. The number of hydrogen-bond donors (Lipinski definition) is 0. The summed E-state index contributed by atoms with van der Waals surface area (Å²) in [5.41, 5.74) is 4.43. The molecule has 0 aliphatic rings. The van der Waals surface area contributed by atoms with Crippen LogP contribution in [0.5, 0.6) is 5.75 Å². The second-order valence-corrected chi connectivity index (χ2v) is 15.8. The van der Waals surface area contributed by atoms with Crippen molar-refractivity contribution in [2.75, 3.05) is 20.3 Å². The summed E-state index contributed by atoms with van der Waals surface area (Å²) in [7, 11) is 1.72. The molecule has 0 spiro atoms. The minimum absolute atomic E-state index is 0.00129. The van der Waals surface area contributed by atoms with Gasteiger partial charge in [0.2, 0.25) is 5.70 Å². The maximum atomic E-state index is 13.1. The van der Waals surface area contributed by atoms with E-state index in [0.29, 0.717) is 16.9 Å². The third-order valence-corrected chi connectivity index (χ3v) is 10.8. The summed E-state index contributed by atoms with van der Waals surface area (Å²) in [5, 5.41) is 22.7. The lowest BCUT2D eigenvalue weighted by Gasteiger charge is -2.20. The number of allylic oxidation sites excluding steroid dienone is 9. The zero-order chi connectivity index (χ0) is 48.5. The lowest BCUT2D eigenvalue weighted by molar-refractivity contribution is -0.384. The zero-order valence-corrected chi connectivity index (χ0v) is 38.6. The summed E-state index contributed by atoms with van der Waals surface area (Å²) in [5.74, 6) is -0.447. The molecule has 1 unspecified atom stereocenters. The Morgan fingerprint density at radius 1 is 0.750 bits per heavy atom. The van der Waals surface area contributed by atoms with E-state index in [1.165, 1.54) is 38.0 Å². The number of nitro benzene ring substituents is 1. The second kappa shape index (κ2) is 27.4. The van der Waals surface area contributed by atoms with Gasteiger partial charge in [-0.15, -0.1) is 0 Å². The summed E-state index contributed by atoms with van der Waals surface area (Å²) < 4.78 is 19.5. The van der Waals surface area contributed by atoms with Gasteiger partial charge in [-0.1, -0.05) is 130 Å². The van der Waals surface area contributed by atoms with Crippen molar-refractivity contribution in [3.63, 3.8) is 0 Å². The van der Waals surface area contributed by atoms with E-state index < -0.39 is 17.1 Å². The molecule has 0 fully saturated rings. The van der Waals surface area contributed by atoms with Crippen molar-refractivity contribution in [3.8, 4) is 11.8 Å². The number of fused-ring (bicyclic) bond motifs is 3. The van der Waals surface area contributed by atoms with Gasteiger partial charge in [0.05, 0.1) is 29.1 Å². The number of methoxy groups -OCH3 is 1. The smallest absolute Gasteiger partial charge is 0.348 e. The molecule has 0 aliphatic carbocycles. The molecule has 11 nitrogen and oxygen atoms in total. The summed E-state index contributed by atoms with van der Waals surface area (Å²) in [6, 6.07) is 27.2. The first-order valence-corrected chi connectivity index (χ1v) is 22.6. The van der Waals surface area contributed by atoms with Gasteiger partial charge in [-0.05, 0) is 109 Å². The number of ether oxygens (including phenoxy) is 3. The predicted octanol–water partition coefficient (Wildman–Crippen LogP) is 13.9. The minimum Gasteiger partial charge on any atom is -0.467 e. The SMILES string of the molecule is [C-]#[N+]C(=Cc1ccc2c(c1)c1cc(C=C(C#N)C(=O)OCCCCCCCCCCOC)ccc1n2C(C=CC=CC=CC=CC=C)Oc1ccc(C=Cc2ccc([N+](=O)[O-])cc2)cc1)C(C)=O. The zero-order valence-electron chi connectivity index (χ0n) is 38.6. The molecule has 0 amide bonds. The fourth-order valence-electron chi connectivity index (χ4n) is 7.30. The highest BCUT2D eigenvalue weighted by Gasteiger charge is 2.20. The van der Waals surface area contributed by atoms with Gasteiger partial charge in [-0.3, -0.25) is 10.1 Å². The van der Waals surface area contributed by atoms with Crippen LogP contribution < -0.4 is 4.74 Å². The molecule has 5 aromatic rings. The Balaban J connectivity index is 1.48. The molecule has 4 aromatic carbocycles. The van der Waals surface area contributed by atoms with Crippen LogP contribution in [-0.4, -0.2) is 41.6 Å². The number of non-ortho nitro benzene ring substituents is 1. The molecule has 0 saturated carbocycles. The lowest BCUT2D eigenvalue weighted by atomic mass is 10.0. The van der Waals surface area contributed by atoms with E-state index >= 15 is 0 Å². The fourth-order valence-corrected chi connectivity index (χ4v) is 7.30. The number of benzene rings is 4. The molecular weight excluding hydrogens is 853 g/mol. The van der Waals surface area contributed by atoms with E-state index in [1.54, 1.807) is 31.4 Å². The maximum absolute atomic E-state index is 13.1. The van der Waals surface area contributed by atoms with Gasteiger partial charge in [-0.2, -0.15) is 5.26 Å². The molecule has 0 saturated heterocycles. The monoisotopic (exact) mass is 908 g/mol. The van der Waals surface area contributed by atoms with Crippen molar-refractivity contribution in [2.45, 2.75) is 64.5 Å². The van der Waals surface area contributed by atoms with E-state index in [9.17, 15) is 25.0 Å². The number of ketones is 1. The number of rotatable bonds is 26. The number of hydrogen-bond acceptors (Lipinski definition) is 8. The van der Waals surface area contributed by atoms with E-state index in [4.69, 9.17) is 20.8 Å². The second-order valence-electron chi connectivity index (χ2n) is 15.8. The standard InChI is InChI=1S/C57H56N4O7/c1-5-6-7-8-9-12-15-18-21-56(68-50-32-26-45(27-33-50)23-22-44-24-30-49(31-25-44)61(64)65)60-54-34-28-46(39-51(54)52-40-47(29-35-55(52)60)41-53(59-3)43(2)62)38-48(42-58)57(63)67-37-20-17-14-11-10-13-16-19-36-66-4/h5-9,12,15,18,21-35,38-41,56H,1,10-11,13-14,16-17,19-20,36-37H2,2,4H3. The van der Waals surface area contributed by atoms with Gasteiger partial charge >= 0.3 is 5.97 Å². The van der Waals surface area contributed by atoms with Gasteiger partial charge < -0.3 is 23.6 Å². The summed E-state index contributed by atoms with van der Waals surface area (Å²) >= 11 is 0. The van der Waals surface area contributed by atoms with Gasteiger partial charge in [0.1, 0.15) is 17.4 Å². The predicted molar refractivity (Wildman–Crippen MR) is 273 cm³/mol. The molecule has 11 heteroatoms. The number of nitro groups is 1. The number of carbonyl (C=O) groups excluding carboxylic acids is 2. The summed E-state index contributed by atoms with van der Waals surface area (Å²) in [4.78, 5) is 39.5. The normalized spacial score (nSPS) is 12.7. The van der Waals surface area contributed by atoms with Gasteiger partial charge in [0.25, 0.3) is 5.69 Å². The van der Waals surface area contributed by atoms with Crippen molar-refractivity contribution in [2.24, 2.45) is 0 Å². The van der Waals surface area contributed by atoms with Crippen LogP contribution in [0.3, 0.4) is 0 Å². The molecule has 0 bridgehead atoms. The van der Waals surface area contributed by atoms with Crippen LogP contribution in [0.1, 0.15) is 86.8 Å². The van der Waals surface area contributed by atoms with Crippen molar-refractivity contribution in [1.82, 2.24) is 4.57 Å². The lowest BCUT2D eigenvalue weighted by Crippen LogP contribution is -2.13.